The number of hydrogen-bond acceptors (Lipinski definition) is 9. The molecule has 4 amide bonds. The molecule has 3 aliphatic heterocycles. The highest BCUT2D eigenvalue weighted by atomic mass is 35.5. The van der Waals surface area contributed by atoms with Crippen molar-refractivity contribution in [3.8, 4) is 0 Å². The first-order valence-corrected chi connectivity index (χ1v) is 17.9. The minimum atomic E-state index is -3.90. The number of fused-ring (bicyclic) bond motifs is 3. The first-order chi connectivity index (χ1) is 22.4. The molecule has 6 rings (SSSR count). The van der Waals surface area contributed by atoms with Crippen LogP contribution in [0.15, 0.2) is 30.4 Å². The maximum Gasteiger partial charge on any atom is 0.410 e. The highest BCUT2D eigenvalue weighted by Gasteiger charge is 2.62. The molecule has 0 spiro atoms. The van der Waals surface area contributed by atoms with Crippen molar-refractivity contribution in [1.29, 1.82) is 0 Å². The molecular formula is C30H37ClN6O8S2. The lowest BCUT2D eigenvalue weighted by molar-refractivity contribution is -0.141. The van der Waals surface area contributed by atoms with Crippen LogP contribution in [0.4, 0.5) is 4.79 Å². The quantitative estimate of drug-likeness (QED) is 0.250. The summed E-state index contributed by atoms with van der Waals surface area (Å²) < 4.78 is 39.0. The normalized spacial score (nSPS) is 29.4. The number of nitrogens with zero attached hydrogens (tertiary/aromatic N) is 2. The summed E-state index contributed by atoms with van der Waals surface area (Å²) in [5.41, 5.74) is 5.93. The smallest absolute Gasteiger partial charge is 0.410 e. The van der Waals surface area contributed by atoms with Crippen LogP contribution in [0.5, 0.6) is 0 Å². The van der Waals surface area contributed by atoms with Crippen molar-refractivity contribution in [3.63, 3.8) is 0 Å². The number of halogens is 1. The minimum absolute atomic E-state index is 0.0493. The van der Waals surface area contributed by atoms with Gasteiger partial charge in [0.25, 0.3) is 5.91 Å². The van der Waals surface area contributed by atoms with Crippen LogP contribution >= 0.6 is 23.8 Å². The van der Waals surface area contributed by atoms with Crippen molar-refractivity contribution in [3.05, 3.63) is 46.5 Å². The van der Waals surface area contributed by atoms with Gasteiger partial charge in [-0.15, -0.1) is 0 Å². The zero-order chi connectivity index (χ0) is 33.5. The second kappa shape index (κ2) is 13.2. The summed E-state index contributed by atoms with van der Waals surface area (Å²) in [5, 5.41) is 5.39. The highest BCUT2D eigenvalue weighted by Crippen LogP contribution is 2.46. The summed E-state index contributed by atoms with van der Waals surface area (Å²) in [4.78, 5) is 57.6. The molecule has 3 heterocycles. The Morgan fingerprint density at radius 1 is 1.19 bits per heavy atom. The predicted octanol–water partition coefficient (Wildman–Crippen LogP) is 0.813. The van der Waals surface area contributed by atoms with Crippen LogP contribution in [-0.2, 0) is 47.0 Å². The van der Waals surface area contributed by atoms with Crippen molar-refractivity contribution < 1.29 is 37.1 Å². The lowest BCUT2D eigenvalue weighted by Crippen LogP contribution is -2.58. The van der Waals surface area contributed by atoms with Crippen LogP contribution in [0.3, 0.4) is 0 Å². The third kappa shape index (κ3) is 7.20. The Morgan fingerprint density at radius 2 is 1.98 bits per heavy atom. The van der Waals surface area contributed by atoms with Crippen molar-refractivity contribution in [2.75, 3.05) is 19.8 Å². The summed E-state index contributed by atoms with van der Waals surface area (Å²) >= 11 is 11.3. The standard InChI is InChI=1S/C30H37ClN6O8S2/c31-22-6-1-4-17-14-36(16-21(17)22)29(41)45-19-12-24-25(38)34-30(27(40)35-47(42,43)20-8-9-20)13-18(30)5-2-10-44-11-3-7-23(33-28(32)46)26(39)37(24)15-19/h1-2,4-6,18-20,23-24H,3,7-16H2,(H,34,38)(H,35,40)(H3,32,33,46)/t18-,19-,23+,24+,30-/m1/s1. The molecule has 5 atom stereocenters. The van der Waals surface area contributed by atoms with E-state index in [-0.39, 0.29) is 44.1 Å². The number of rotatable bonds is 5. The molecular weight excluding hydrogens is 672 g/mol. The van der Waals surface area contributed by atoms with Gasteiger partial charge in [0.2, 0.25) is 21.8 Å². The van der Waals surface area contributed by atoms with Crippen LogP contribution in [-0.4, -0.2) is 95.9 Å². The van der Waals surface area contributed by atoms with Crippen LogP contribution in [0.2, 0.25) is 5.02 Å². The average Bonchev–Trinajstić information content (AvgIpc) is 3.89. The highest BCUT2D eigenvalue weighted by molar-refractivity contribution is 7.91. The Bertz CT molecular complexity index is 1620. The van der Waals surface area contributed by atoms with E-state index in [9.17, 15) is 27.6 Å². The van der Waals surface area contributed by atoms with Crippen LogP contribution in [0, 0.1) is 5.92 Å². The summed E-state index contributed by atoms with van der Waals surface area (Å²) in [6.07, 6.45) is 3.74. The Hall–Kier alpha value is -3.47. The summed E-state index contributed by atoms with van der Waals surface area (Å²) in [6.45, 7) is 0.985. The van der Waals surface area contributed by atoms with Crippen LogP contribution in [0.1, 0.15) is 49.7 Å². The van der Waals surface area contributed by atoms with Gasteiger partial charge in [-0.25, -0.2) is 13.2 Å². The molecule has 1 aromatic carbocycles. The minimum Gasteiger partial charge on any atom is -0.444 e. The molecule has 0 aromatic heterocycles. The number of sulfonamides is 1. The largest absolute Gasteiger partial charge is 0.444 e. The molecule has 47 heavy (non-hydrogen) atoms. The summed E-state index contributed by atoms with van der Waals surface area (Å²) in [5.74, 6) is -2.50. The number of hydrogen-bond donors (Lipinski definition) is 4. The van der Waals surface area contributed by atoms with E-state index < -0.39 is 68.7 Å². The molecule has 2 saturated carbocycles. The first-order valence-electron chi connectivity index (χ1n) is 15.6. The lowest BCUT2D eigenvalue weighted by atomic mass is 10.1. The fourth-order valence-corrected chi connectivity index (χ4v) is 8.22. The van der Waals surface area contributed by atoms with E-state index in [1.165, 1.54) is 9.80 Å². The third-order valence-electron chi connectivity index (χ3n) is 9.24. The van der Waals surface area contributed by atoms with Gasteiger partial charge in [-0.1, -0.05) is 35.9 Å². The van der Waals surface area contributed by atoms with E-state index in [4.69, 9.17) is 39.0 Å². The van der Waals surface area contributed by atoms with Gasteiger partial charge in [0.15, 0.2) is 5.11 Å². The Labute approximate surface area is 282 Å². The monoisotopic (exact) mass is 708 g/mol. The molecule has 5 aliphatic rings. The van der Waals surface area contributed by atoms with E-state index in [1.54, 1.807) is 24.3 Å². The van der Waals surface area contributed by atoms with Gasteiger partial charge in [0, 0.05) is 30.5 Å². The molecule has 1 aromatic rings. The van der Waals surface area contributed by atoms with Crippen LogP contribution < -0.4 is 21.1 Å². The molecule has 2 aliphatic carbocycles. The van der Waals surface area contributed by atoms with Crippen LogP contribution in [0.25, 0.3) is 0 Å². The Kier molecular flexibility index (Phi) is 9.39. The Morgan fingerprint density at radius 3 is 2.70 bits per heavy atom. The first kappa shape index (κ1) is 33.4. The topological polar surface area (TPSA) is 189 Å². The molecule has 0 radical (unpaired) electrons. The second-order valence-corrected chi connectivity index (χ2v) is 15.4. The number of amides is 4. The van der Waals surface area contributed by atoms with E-state index in [0.29, 0.717) is 37.4 Å². The summed E-state index contributed by atoms with van der Waals surface area (Å²) in [7, 11) is -3.90. The maximum atomic E-state index is 14.0. The van der Waals surface area contributed by atoms with Gasteiger partial charge in [-0.2, -0.15) is 0 Å². The van der Waals surface area contributed by atoms with Gasteiger partial charge in [-0.05, 0) is 61.5 Å². The molecule has 1 saturated heterocycles. The number of ether oxygens (including phenoxy) is 2. The molecule has 254 valence electrons. The number of carbonyl (C=O) groups is 4. The number of benzene rings is 1. The molecule has 5 N–H and O–H groups in total. The lowest BCUT2D eigenvalue weighted by Gasteiger charge is -2.30. The number of nitrogens with one attached hydrogen (secondary N) is 3. The second-order valence-electron chi connectivity index (χ2n) is 12.6. The molecule has 14 nitrogen and oxygen atoms in total. The number of carbonyl (C=O) groups excluding carboxylic acids is 4. The van der Waals surface area contributed by atoms with Crippen molar-refractivity contribution in [2.24, 2.45) is 11.7 Å². The van der Waals surface area contributed by atoms with Gasteiger partial charge < -0.3 is 30.7 Å². The molecule has 0 unspecified atom stereocenters. The maximum absolute atomic E-state index is 14.0. The number of thiocarbonyl (C=S) groups is 1. The zero-order valence-corrected chi connectivity index (χ0v) is 27.9. The SMILES string of the molecule is NC(=S)N[C@H]1CCCOCC=C[C@@H]2C[C@@]2(C(=O)NS(=O)(=O)C2CC2)NC(=O)[C@@H]2C[C@@H](OC(=O)N3Cc4cccc(Cl)c4C3)CN2C1=O. The molecule has 17 heteroatoms. The van der Waals surface area contributed by atoms with Gasteiger partial charge in [0.1, 0.15) is 23.7 Å². The van der Waals surface area contributed by atoms with Gasteiger partial charge in [-0.3, -0.25) is 24.0 Å². The molecule has 0 bridgehead atoms. The average molecular weight is 709 g/mol. The molecule has 3 fully saturated rings. The van der Waals surface area contributed by atoms with Crippen molar-refractivity contribution in [1.82, 2.24) is 25.2 Å². The zero-order valence-electron chi connectivity index (χ0n) is 25.5. The summed E-state index contributed by atoms with van der Waals surface area (Å²) in [6, 6.07) is 3.40. The fourth-order valence-electron chi connectivity index (χ4n) is 6.46. The fraction of sp³-hybridized carbons (Fsp3) is 0.567. The Balaban J connectivity index is 1.24. The predicted molar refractivity (Wildman–Crippen MR) is 173 cm³/mol. The van der Waals surface area contributed by atoms with Gasteiger partial charge in [0.05, 0.1) is 24.9 Å². The van der Waals surface area contributed by atoms with Crippen molar-refractivity contribution in [2.45, 2.75) is 80.6 Å². The van der Waals surface area contributed by atoms with Gasteiger partial charge >= 0.3 is 6.09 Å². The van der Waals surface area contributed by atoms with E-state index >= 15 is 0 Å². The van der Waals surface area contributed by atoms with E-state index in [0.717, 1.165) is 11.1 Å². The third-order valence-corrected chi connectivity index (χ3v) is 11.5. The van der Waals surface area contributed by atoms with Crippen molar-refractivity contribution >= 4 is 62.8 Å². The number of nitrogens with two attached hydrogens (primary N) is 1. The van der Waals surface area contributed by atoms with E-state index in [2.05, 4.69) is 15.4 Å². The van der Waals surface area contributed by atoms with E-state index in [1.807, 2.05) is 6.07 Å².